The Bertz CT molecular complexity index is 1210. The van der Waals surface area contributed by atoms with Gasteiger partial charge in [-0.1, -0.05) is 66.7 Å². The van der Waals surface area contributed by atoms with Crippen molar-refractivity contribution in [2.75, 3.05) is 31.1 Å². The van der Waals surface area contributed by atoms with Gasteiger partial charge in [0.1, 0.15) is 5.82 Å². The van der Waals surface area contributed by atoms with Crippen molar-refractivity contribution >= 4 is 17.5 Å². The van der Waals surface area contributed by atoms with Crippen LogP contribution in [0.2, 0.25) is 0 Å². The number of benzene rings is 3. The second-order valence-corrected chi connectivity index (χ2v) is 10.2. The smallest absolute Gasteiger partial charge is 0.227 e. The third-order valence-electron chi connectivity index (χ3n) is 7.28. The largest absolute Gasteiger partial charge is 0.337 e. The molecule has 0 unspecified atom stereocenters. The summed E-state index contributed by atoms with van der Waals surface area (Å²) in [5.74, 6) is -0.395. The summed E-state index contributed by atoms with van der Waals surface area (Å²) >= 11 is 0. The minimum atomic E-state index is -0.363. The zero-order valence-electron chi connectivity index (χ0n) is 22.5. The van der Waals surface area contributed by atoms with E-state index in [0.717, 1.165) is 36.3 Å². The lowest BCUT2D eigenvalue weighted by atomic mass is 10.1. The predicted molar refractivity (Wildman–Crippen MR) is 150 cm³/mol. The average Bonchev–Trinajstić information content (AvgIpc) is 2.96. The van der Waals surface area contributed by atoms with E-state index in [2.05, 4.69) is 18.7 Å². The molecule has 0 N–H and O–H groups in total. The van der Waals surface area contributed by atoms with Crippen LogP contribution in [0.15, 0.2) is 78.9 Å². The molecule has 4 rings (SSSR count). The first-order valence-corrected chi connectivity index (χ1v) is 13.6. The van der Waals surface area contributed by atoms with Gasteiger partial charge in [-0.25, -0.2) is 4.39 Å². The molecule has 6 heteroatoms. The van der Waals surface area contributed by atoms with Crippen molar-refractivity contribution in [1.29, 1.82) is 0 Å². The molecule has 0 aromatic heterocycles. The predicted octanol–water partition coefficient (Wildman–Crippen LogP) is 5.48. The number of halogens is 1. The van der Waals surface area contributed by atoms with Crippen LogP contribution in [0, 0.1) is 5.82 Å². The summed E-state index contributed by atoms with van der Waals surface area (Å²) in [7, 11) is 0. The number of aryl methyl sites for hydroxylation is 1. The zero-order valence-corrected chi connectivity index (χ0v) is 22.5. The number of fused-ring (bicyclic) bond motifs is 1. The fraction of sp³-hybridized carbons (Fsp3) is 0.375. The zero-order chi connectivity index (χ0) is 26.9. The van der Waals surface area contributed by atoms with Gasteiger partial charge in [0.25, 0.3) is 0 Å². The number of carbonyl (C=O) groups is 2. The molecule has 3 aromatic carbocycles. The third kappa shape index (κ3) is 7.29. The maximum atomic E-state index is 14.4. The molecule has 0 saturated heterocycles. The van der Waals surface area contributed by atoms with Crippen LogP contribution < -0.4 is 4.90 Å². The minimum absolute atomic E-state index is 0.0102. The maximum Gasteiger partial charge on any atom is 0.227 e. The molecule has 0 fully saturated rings. The van der Waals surface area contributed by atoms with Gasteiger partial charge in [0.2, 0.25) is 11.8 Å². The highest BCUT2D eigenvalue weighted by molar-refractivity contribution is 5.94. The van der Waals surface area contributed by atoms with E-state index in [1.807, 2.05) is 64.4 Å². The summed E-state index contributed by atoms with van der Waals surface area (Å²) < 4.78 is 14.4. The average molecular weight is 516 g/mol. The van der Waals surface area contributed by atoms with E-state index in [-0.39, 0.29) is 24.1 Å². The Morgan fingerprint density at radius 2 is 1.53 bits per heavy atom. The van der Waals surface area contributed by atoms with E-state index in [4.69, 9.17) is 0 Å². The first-order chi connectivity index (χ1) is 18.4. The molecule has 200 valence electrons. The van der Waals surface area contributed by atoms with Crippen molar-refractivity contribution < 1.29 is 14.0 Å². The molecule has 2 amide bonds. The van der Waals surface area contributed by atoms with E-state index >= 15 is 0 Å². The number of carbonyl (C=O) groups excluding carboxylic acids is 2. The molecule has 0 saturated carbocycles. The first-order valence-electron chi connectivity index (χ1n) is 13.6. The fourth-order valence-electron chi connectivity index (χ4n) is 5.04. The van der Waals surface area contributed by atoms with Crippen LogP contribution in [0.3, 0.4) is 0 Å². The Morgan fingerprint density at radius 1 is 0.816 bits per heavy atom. The molecule has 5 nitrogen and oxygen atoms in total. The second-order valence-electron chi connectivity index (χ2n) is 10.2. The molecule has 0 atom stereocenters. The van der Waals surface area contributed by atoms with E-state index in [0.29, 0.717) is 44.1 Å². The highest BCUT2D eigenvalue weighted by Crippen LogP contribution is 2.25. The topological polar surface area (TPSA) is 43.9 Å². The van der Waals surface area contributed by atoms with Crippen LogP contribution >= 0.6 is 0 Å². The van der Waals surface area contributed by atoms with E-state index < -0.39 is 0 Å². The highest BCUT2D eigenvalue weighted by atomic mass is 19.1. The molecule has 0 aliphatic carbocycles. The summed E-state index contributed by atoms with van der Waals surface area (Å²) in [4.78, 5) is 33.1. The van der Waals surface area contributed by atoms with Crippen molar-refractivity contribution in [2.24, 2.45) is 0 Å². The summed E-state index contributed by atoms with van der Waals surface area (Å²) in [6.07, 6.45) is 1.95. The van der Waals surface area contributed by atoms with Crippen LogP contribution in [0.1, 0.15) is 43.4 Å². The summed E-state index contributed by atoms with van der Waals surface area (Å²) in [5.41, 5.74) is 3.33. The summed E-state index contributed by atoms with van der Waals surface area (Å²) in [5, 5.41) is 0. The molecular formula is C32H38FN3O2. The molecule has 0 radical (unpaired) electrons. The molecule has 38 heavy (non-hydrogen) atoms. The summed E-state index contributed by atoms with van der Waals surface area (Å²) in [6.45, 7) is 7.41. The van der Waals surface area contributed by atoms with Gasteiger partial charge in [0.15, 0.2) is 0 Å². The van der Waals surface area contributed by atoms with Crippen molar-refractivity contribution in [3.63, 3.8) is 0 Å². The number of amides is 2. The lowest BCUT2D eigenvalue weighted by Crippen LogP contribution is -2.42. The number of hydrogen-bond donors (Lipinski definition) is 0. The quantitative estimate of drug-likeness (QED) is 0.437. The van der Waals surface area contributed by atoms with Crippen LogP contribution in [-0.2, 0) is 29.0 Å². The normalized spacial score (nSPS) is 15.2. The highest BCUT2D eigenvalue weighted by Gasteiger charge is 2.24. The second kappa shape index (κ2) is 13.3. The lowest BCUT2D eigenvalue weighted by Gasteiger charge is -2.30. The fourth-order valence-corrected chi connectivity index (χ4v) is 5.04. The molecular weight excluding hydrogens is 477 g/mol. The number of hydrogen-bond acceptors (Lipinski definition) is 3. The Kier molecular flexibility index (Phi) is 9.66. The maximum absolute atomic E-state index is 14.4. The third-order valence-corrected chi connectivity index (χ3v) is 7.28. The number of anilines is 1. The molecule has 1 heterocycles. The minimum Gasteiger partial charge on any atom is -0.337 e. The SMILES string of the molecule is CC(C)N1CCCN(C(=O)CCc2ccccc2)c2ccccc2CN(C(=O)Cc2ccccc2F)CC1. The van der Waals surface area contributed by atoms with E-state index in [9.17, 15) is 14.0 Å². The standard InChI is InChI=1S/C32H38FN3O2/c1-25(2)34-19-10-20-36(31(37)18-17-26-11-4-3-5-12-26)30-16-9-7-14-28(30)24-35(22-21-34)32(38)23-27-13-6-8-15-29(27)33/h3-9,11-16,25H,10,17-24H2,1-2H3. The van der Waals surface area contributed by atoms with Gasteiger partial charge in [-0.3, -0.25) is 14.5 Å². The van der Waals surface area contributed by atoms with Crippen molar-refractivity contribution in [1.82, 2.24) is 9.80 Å². The molecule has 3 aromatic rings. The van der Waals surface area contributed by atoms with Gasteiger partial charge < -0.3 is 9.80 Å². The molecule has 0 bridgehead atoms. The number of rotatable bonds is 6. The summed E-state index contributed by atoms with van der Waals surface area (Å²) in [6, 6.07) is 24.7. The van der Waals surface area contributed by atoms with Gasteiger partial charge in [-0.15, -0.1) is 0 Å². The van der Waals surface area contributed by atoms with Crippen molar-refractivity contribution in [2.45, 2.75) is 52.1 Å². The molecule has 1 aliphatic rings. The van der Waals surface area contributed by atoms with E-state index in [1.165, 1.54) is 6.07 Å². The number of para-hydroxylation sites is 1. The number of nitrogens with zero attached hydrogens (tertiary/aromatic N) is 3. The Morgan fingerprint density at radius 3 is 2.29 bits per heavy atom. The van der Waals surface area contributed by atoms with Crippen molar-refractivity contribution in [3.8, 4) is 0 Å². The van der Waals surface area contributed by atoms with Gasteiger partial charge >= 0.3 is 0 Å². The first kappa shape index (κ1) is 27.5. The Balaban J connectivity index is 1.61. The van der Waals surface area contributed by atoms with Crippen LogP contribution in [0.25, 0.3) is 0 Å². The van der Waals surface area contributed by atoms with Gasteiger partial charge in [-0.05, 0) is 55.5 Å². The van der Waals surface area contributed by atoms with E-state index in [1.54, 1.807) is 18.2 Å². The monoisotopic (exact) mass is 515 g/mol. The Hall–Kier alpha value is -3.51. The molecule has 1 aliphatic heterocycles. The van der Waals surface area contributed by atoms with Crippen LogP contribution in [0.4, 0.5) is 10.1 Å². The molecule has 0 spiro atoms. The van der Waals surface area contributed by atoms with Gasteiger partial charge in [0, 0.05) is 50.9 Å². The Labute approximate surface area is 225 Å². The van der Waals surface area contributed by atoms with Gasteiger partial charge in [0.05, 0.1) is 6.42 Å². The van der Waals surface area contributed by atoms with Crippen LogP contribution in [-0.4, -0.2) is 53.8 Å². The van der Waals surface area contributed by atoms with Crippen molar-refractivity contribution in [3.05, 3.63) is 101 Å². The van der Waals surface area contributed by atoms with Gasteiger partial charge in [-0.2, -0.15) is 0 Å². The lowest BCUT2D eigenvalue weighted by molar-refractivity contribution is -0.131. The van der Waals surface area contributed by atoms with Crippen LogP contribution in [0.5, 0.6) is 0 Å².